The van der Waals surface area contributed by atoms with Crippen LogP contribution in [0, 0.1) is 5.92 Å². The van der Waals surface area contributed by atoms with Crippen molar-refractivity contribution in [3.8, 4) is 0 Å². The fraction of sp³-hybridized carbons (Fsp3) is 0.500. The highest BCUT2D eigenvalue weighted by Crippen LogP contribution is 2.25. The van der Waals surface area contributed by atoms with Gasteiger partial charge in [-0.2, -0.15) is 0 Å². The number of carbonyl (C=O) groups excluding carboxylic acids is 2. The standard InChI is InChI=1S/C16H21NO4/c1-3-20-15(18)14-9-12(2)17(10-14)16(19)21-11-13-7-5-4-6-8-13/h4-8,12,14H,3,9-11H2,1-2H3/t12-,14-/m0/s1. The van der Waals surface area contributed by atoms with Gasteiger partial charge < -0.3 is 14.4 Å². The van der Waals surface area contributed by atoms with Gasteiger partial charge in [0.05, 0.1) is 12.5 Å². The highest BCUT2D eigenvalue weighted by molar-refractivity contribution is 5.76. The van der Waals surface area contributed by atoms with E-state index in [0.29, 0.717) is 19.6 Å². The zero-order chi connectivity index (χ0) is 15.2. The van der Waals surface area contributed by atoms with E-state index in [1.54, 1.807) is 11.8 Å². The molecule has 0 aromatic heterocycles. The van der Waals surface area contributed by atoms with Gasteiger partial charge in [0.25, 0.3) is 0 Å². The number of esters is 1. The molecular weight excluding hydrogens is 270 g/mol. The summed E-state index contributed by atoms with van der Waals surface area (Å²) in [6.07, 6.45) is 0.248. The monoisotopic (exact) mass is 291 g/mol. The summed E-state index contributed by atoms with van der Waals surface area (Å²) in [5, 5.41) is 0. The van der Waals surface area contributed by atoms with Crippen LogP contribution in [0.15, 0.2) is 30.3 Å². The second-order valence-electron chi connectivity index (χ2n) is 5.23. The van der Waals surface area contributed by atoms with Gasteiger partial charge in [-0.25, -0.2) is 4.79 Å². The van der Waals surface area contributed by atoms with E-state index in [9.17, 15) is 9.59 Å². The minimum atomic E-state index is -0.377. The maximum atomic E-state index is 12.1. The first kappa shape index (κ1) is 15.4. The van der Waals surface area contributed by atoms with E-state index in [1.165, 1.54) is 0 Å². The quantitative estimate of drug-likeness (QED) is 0.800. The number of hydrogen-bond donors (Lipinski definition) is 0. The van der Waals surface area contributed by atoms with Gasteiger partial charge in [-0.15, -0.1) is 0 Å². The van der Waals surface area contributed by atoms with Crippen LogP contribution in [0.5, 0.6) is 0 Å². The molecule has 0 bridgehead atoms. The van der Waals surface area contributed by atoms with Crippen LogP contribution in [0.4, 0.5) is 4.79 Å². The lowest BCUT2D eigenvalue weighted by Crippen LogP contribution is -2.35. The molecule has 0 aliphatic carbocycles. The Morgan fingerprint density at radius 2 is 1.95 bits per heavy atom. The number of rotatable bonds is 4. The normalized spacial score (nSPS) is 21.1. The van der Waals surface area contributed by atoms with E-state index in [1.807, 2.05) is 37.3 Å². The van der Waals surface area contributed by atoms with Crippen molar-refractivity contribution in [3.63, 3.8) is 0 Å². The number of nitrogens with zero attached hydrogens (tertiary/aromatic N) is 1. The van der Waals surface area contributed by atoms with Crippen molar-refractivity contribution in [3.05, 3.63) is 35.9 Å². The lowest BCUT2D eigenvalue weighted by atomic mass is 10.1. The summed E-state index contributed by atoms with van der Waals surface area (Å²) in [5.41, 5.74) is 0.944. The highest BCUT2D eigenvalue weighted by atomic mass is 16.6. The van der Waals surface area contributed by atoms with E-state index in [2.05, 4.69) is 0 Å². The van der Waals surface area contributed by atoms with Crippen molar-refractivity contribution in [2.45, 2.75) is 32.9 Å². The molecule has 1 saturated heterocycles. The van der Waals surface area contributed by atoms with Crippen LogP contribution in [0.2, 0.25) is 0 Å². The molecule has 0 N–H and O–H groups in total. The van der Waals surface area contributed by atoms with Crippen molar-refractivity contribution in [2.75, 3.05) is 13.2 Å². The second-order valence-corrected chi connectivity index (χ2v) is 5.23. The molecule has 1 aromatic carbocycles. The lowest BCUT2D eigenvalue weighted by Gasteiger charge is -2.20. The second kappa shape index (κ2) is 7.11. The summed E-state index contributed by atoms with van der Waals surface area (Å²) in [6, 6.07) is 9.52. The van der Waals surface area contributed by atoms with Gasteiger partial charge in [-0.1, -0.05) is 30.3 Å². The summed E-state index contributed by atoms with van der Waals surface area (Å²) in [6.45, 7) is 4.67. The fourth-order valence-electron chi connectivity index (χ4n) is 2.52. The molecule has 1 amide bonds. The maximum absolute atomic E-state index is 12.1. The first-order chi connectivity index (χ1) is 10.1. The Labute approximate surface area is 124 Å². The van der Waals surface area contributed by atoms with Gasteiger partial charge in [0.1, 0.15) is 6.61 Å². The predicted molar refractivity (Wildman–Crippen MR) is 77.5 cm³/mol. The van der Waals surface area contributed by atoms with E-state index in [-0.39, 0.29) is 30.6 Å². The molecule has 0 radical (unpaired) electrons. The number of ether oxygens (including phenoxy) is 2. The molecule has 5 nitrogen and oxygen atoms in total. The molecule has 1 heterocycles. The van der Waals surface area contributed by atoms with E-state index >= 15 is 0 Å². The number of carbonyl (C=O) groups is 2. The molecule has 1 aliphatic rings. The van der Waals surface area contributed by atoms with Gasteiger partial charge in [0.2, 0.25) is 0 Å². The van der Waals surface area contributed by atoms with Crippen molar-refractivity contribution >= 4 is 12.1 Å². The minimum Gasteiger partial charge on any atom is -0.466 e. The number of amides is 1. The Hall–Kier alpha value is -2.04. The van der Waals surface area contributed by atoms with Crippen LogP contribution in [0.3, 0.4) is 0 Å². The molecule has 1 aromatic rings. The van der Waals surface area contributed by atoms with Crippen LogP contribution < -0.4 is 0 Å². The van der Waals surface area contributed by atoms with Crippen LogP contribution in [0.25, 0.3) is 0 Å². The third-order valence-corrected chi connectivity index (χ3v) is 3.63. The molecule has 0 unspecified atom stereocenters. The Morgan fingerprint density at radius 1 is 1.24 bits per heavy atom. The van der Waals surface area contributed by atoms with Gasteiger partial charge in [0.15, 0.2) is 0 Å². The fourth-order valence-corrected chi connectivity index (χ4v) is 2.52. The molecule has 114 valence electrons. The number of benzene rings is 1. The molecule has 1 aliphatic heterocycles. The smallest absolute Gasteiger partial charge is 0.410 e. The number of likely N-dealkylation sites (tertiary alicyclic amines) is 1. The minimum absolute atomic E-state index is 0.0114. The van der Waals surface area contributed by atoms with Gasteiger partial charge in [-0.05, 0) is 25.8 Å². The lowest BCUT2D eigenvalue weighted by molar-refractivity contribution is -0.147. The first-order valence-electron chi connectivity index (χ1n) is 7.25. The van der Waals surface area contributed by atoms with Crippen molar-refractivity contribution in [1.29, 1.82) is 0 Å². The molecule has 1 fully saturated rings. The summed E-state index contributed by atoms with van der Waals surface area (Å²) in [7, 11) is 0. The van der Waals surface area contributed by atoms with Crippen LogP contribution in [0.1, 0.15) is 25.8 Å². The molecule has 21 heavy (non-hydrogen) atoms. The van der Waals surface area contributed by atoms with Crippen LogP contribution in [-0.2, 0) is 20.9 Å². The zero-order valence-electron chi connectivity index (χ0n) is 12.5. The van der Waals surface area contributed by atoms with Crippen molar-refractivity contribution in [2.24, 2.45) is 5.92 Å². The van der Waals surface area contributed by atoms with Crippen molar-refractivity contribution < 1.29 is 19.1 Å². The average Bonchev–Trinajstić information content (AvgIpc) is 2.88. The van der Waals surface area contributed by atoms with Gasteiger partial charge in [-0.3, -0.25) is 4.79 Å². The zero-order valence-corrected chi connectivity index (χ0v) is 12.5. The summed E-state index contributed by atoms with van der Waals surface area (Å²) in [5.74, 6) is -0.480. The average molecular weight is 291 g/mol. The molecule has 2 rings (SSSR count). The Morgan fingerprint density at radius 3 is 2.62 bits per heavy atom. The van der Waals surface area contributed by atoms with Gasteiger partial charge >= 0.3 is 12.1 Å². The summed E-state index contributed by atoms with van der Waals surface area (Å²) < 4.78 is 10.3. The van der Waals surface area contributed by atoms with E-state index in [0.717, 1.165) is 5.56 Å². The summed E-state index contributed by atoms with van der Waals surface area (Å²) in [4.78, 5) is 25.4. The highest BCUT2D eigenvalue weighted by Gasteiger charge is 2.37. The predicted octanol–water partition coefficient (Wildman–Crippen LogP) is 2.60. The Kier molecular flexibility index (Phi) is 5.20. The molecule has 0 saturated carbocycles. The Bertz CT molecular complexity index is 488. The molecule has 5 heteroatoms. The largest absolute Gasteiger partial charge is 0.466 e. The SMILES string of the molecule is CCOC(=O)[C@H]1C[C@H](C)N(C(=O)OCc2ccccc2)C1. The van der Waals surface area contributed by atoms with E-state index < -0.39 is 0 Å². The molecular formula is C16H21NO4. The number of hydrogen-bond acceptors (Lipinski definition) is 4. The molecule has 2 atom stereocenters. The Balaban J connectivity index is 1.86. The maximum Gasteiger partial charge on any atom is 0.410 e. The van der Waals surface area contributed by atoms with E-state index in [4.69, 9.17) is 9.47 Å². The molecule has 0 spiro atoms. The first-order valence-corrected chi connectivity index (χ1v) is 7.25. The van der Waals surface area contributed by atoms with Crippen LogP contribution in [-0.4, -0.2) is 36.2 Å². The third kappa shape index (κ3) is 3.97. The van der Waals surface area contributed by atoms with Crippen LogP contribution >= 0.6 is 0 Å². The topological polar surface area (TPSA) is 55.8 Å². The van der Waals surface area contributed by atoms with Gasteiger partial charge in [0, 0.05) is 12.6 Å². The van der Waals surface area contributed by atoms with Crippen molar-refractivity contribution in [1.82, 2.24) is 4.90 Å². The summed E-state index contributed by atoms with van der Waals surface area (Å²) >= 11 is 0. The third-order valence-electron chi connectivity index (χ3n) is 3.63.